The van der Waals surface area contributed by atoms with E-state index in [2.05, 4.69) is 78.8 Å². The average Bonchev–Trinajstić information content (AvgIpc) is 3.34. The Bertz CT molecular complexity index is 1450. The fraction of sp³-hybridized carbons (Fsp3) is 0.807. The third-order valence-corrected chi connectivity index (χ3v) is 13.1. The molecule has 6 unspecified atom stereocenters. The molecule has 1 aliphatic rings. The Morgan fingerprint density at radius 1 is 0.557 bits per heavy atom. The monoisotopic (exact) mass is 1010 g/mol. The number of carbonyl (C=O) groups excluding carboxylic acids is 1. The fourth-order valence-electron chi connectivity index (χ4n) is 8.47. The van der Waals surface area contributed by atoms with Gasteiger partial charge in [-0.1, -0.05) is 229 Å². The van der Waals surface area contributed by atoms with Crippen molar-refractivity contribution in [2.24, 2.45) is 0 Å². The molecular formula is C57H102O12S. The lowest BCUT2D eigenvalue weighted by atomic mass is 9.99. The van der Waals surface area contributed by atoms with E-state index >= 15 is 0 Å². The standard InChI is InChI=1S/C57H102O12S/c1-3-5-7-9-11-13-15-17-19-21-23-25-26-27-28-30-32-34-36-38-40-42-44-46-53(59)67-51(50-66-57-55(61)56(69-70(62,63)64)54(60)52(48-58)68-57)49-65-47-45-43-41-39-37-35-33-31-29-24-22-20-18-16-14-12-10-8-6-4-2/h6,8,12,14,18,20,24,29,33,35,51-52,54-58,60-61H,3-5,7,9-11,13,15-17,19,21-23,25-28,30-32,34,36-50H2,1-2H3,(H,62,63,64)/b8-6-,14-12-,20-18-,29-24-,35-33-. The lowest BCUT2D eigenvalue weighted by molar-refractivity contribution is -0.301. The summed E-state index contributed by atoms with van der Waals surface area (Å²) in [7, 11) is -5.07. The molecule has 12 nitrogen and oxygen atoms in total. The second-order valence-electron chi connectivity index (χ2n) is 19.2. The third-order valence-electron chi connectivity index (χ3n) is 12.7. The molecule has 0 bridgehead atoms. The van der Waals surface area contributed by atoms with E-state index in [4.69, 9.17) is 18.9 Å². The Labute approximate surface area is 427 Å². The molecular weight excluding hydrogens is 909 g/mol. The summed E-state index contributed by atoms with van der Waals surface area (Å²) in [6.45, 7) is 3.85. The van der Waals surface area contributed by atoms with Gasteiger partial charge in [0.05, 0.1) is 19.8 Å². The van der Waals surface area contributed by atoms with Crippen molar-refractivity contribution in [3.63, 3.8) is 0 Å². The Kier molecular flexibility index (Phi) is 44.9. The van der Waals surface area contributed by atoms with E-state index in [-0.39, 0.29) is 19.6 Å². The topological polar surface area (TPSA) is 178 Å². The first-order valence-electron chi connectivity index (χ1n) is 28.0. The van der Waals surface area contributed by atoms with Gasteiger partial charge in [-0.2, -0.15) is 8.42 Å². The van der Waals surface area contributed by atoms with E-state index in [1.165, 1.54) is 122 Å². The van der Waals surface area contributed by atoms with Gasteiger partial charge in [0.25, 0.3) is 0 Å². The summed E-state index contributed by atoms with van der Waals surface area (Å²) < 4.78 is 59.4. The van der Waals surface area contributed by atoms with E-state index in [0.29, 0.717) is 13.0 Å². The Balaban J connectivity index is 2.33. The number of ether oxygens (including phenoxy) is 4. The fourth-order valence-corrected chi connectivity index (χ4v) is 8.97. The van der Waals surface area contributed by atoms with Crippen molar-refractivity contribution in [1.29, 1.82) is 0 Å². The molecule has 0 aromatic rings. The number of rotatable bonds is 49. The van der Waals surface area contributed by atoms with Gasteiger partial charge in [0, 0.05) is 13.0 Å². The van der Waals surface area contributed by atoms with Gasteiger partial charge in [-0.3, -0.25) is 9.35 Å². The maximum atomic E-state index is 12.9. The minimum atomic E-state index is -5.07. The van der Waals surface area contributed by atoms with Crippen LogP contribution in [0, 0.1) is 0 Å². The van der Waals surface area contributed by atoms with Crippen LogP contribution in [0.15, 0.2) is 60.8 Å². The molecule has 1 saturated heterocycles. The maximum absolute atomic E-state index is 12.9. The number of aliphatic hydroxyl groups excluding tert-OH is 3. The second kappa shape index (κ2) is 47.8. The first-order chi connectivity index (χ1) is 34.1. The zero-order valence-electron chi connectivity index (χ0n) is 44.1. The van der Waals surface area contributed by atoms with Crippen molar-refractivity contribution in [3.8, 4) is 0 Å². The Morgan fingerprint density at radius 2 is 0.986 bits per heavy atom. The van der Waals surface area contributed by atoms with Crippen molar-refractivity contribution < 1.29 is 56.2 Å². The van der Waals surface area contributed by atoms with E-state index in [0.717, 1.165) is 83.5 Å². The highest BCUT2D eigenvalue weighted by molar-refractivity contribution is 7.80. The van der Waals surface area contributed by atoms with Gasteiger partial charge in [-0.05, 0) is 57.8 Å². The van der Waals surface area contributed by atoms with E-state index < -0.39 is 59.8 Å². The SMILES string of the molecule is CC/C=C\C/C=C\C/C=C\C/C=C\C/C=C\CCCCCCOCC(COC1OC(CO)C(O)C(OS(=O)(=O)O)C1O)OC(=O)CCCCCCCCCCCCCCCCCCCCCCCCC. The highest BCUT2D eigenvalue weighted by atomic mass is 32.3. The van der Waals surface area contributed by atoms with Crippen LogP contribution in [-0.4, -0.2) is 97.5 Å². The highest BCUT2D eigenvalue weighted by Gasteiger charge is 2.48. The molecule has 1 rings (SSSR count). The molecule has 0 amide bonds. The Hall–Kier alpha value is -2.20. The quantitative estimate of drug-likeness (QED) is 0.0196. The van der Waals surface area contributed by atoms with Crippen LogP contribution in [0.25, 0.3) is 0 Å². The normalized spacial score (nSPS) is 19.5. The number of carbonyl (C=O) groups is 1. The van der Waals surface area contributed by atoms with Gasteiger partial charge in [-0.15, -0.1) is 0 Å². The lowest BCUT2D eigenvalue weighted by Gasteiger charge is -2.41. The number of aliphatic hydroxyl groups is 3. The summed E-state index contributed by atoms with van der Waals surface area (Å²) >= 11 is 0. The smallest absolute Gasteiger partial charge is 0.397 e. The predicted molar refractivity (Wildman–Crippen MR) is 285 cm³/mol. The number of hydrogen-bond donors (Lipinski definition) is 4. The molecule has 408 valence electrons. The van der Waals surface area contributed by atoms with Crippen LogP contribution in [0.4, 0.5) is 0 Å². The molecule has 0 aromatic heterocycles. The van der Waals surface area contributed by atoms with Gasteiger partial charge >= 0.3 is 16.4 Å². The molecule has 0 saturated carbocycles. The minimum absolute atomic E-state index is 0.0188. The average molecular weight is 1010 g/mol. The molecule has 0 aromatic carbocycles. The van der Waals surface area contributed by atoms with Crippen LogP contribution >= 0.6 is 0 Å². The van der Waals surface area contributed by atoms with Crippen LogP contribution in [-0.2, 0) is 38.3 Å². The number of unbranched alkanes of at least 4 members (excludes halogenated alkanes) is 26. The number of hydrogen-bond acceptors (Lipinski definition) is 11. The van der Waals surface area contributed by atoms with Crippen LogP contribution in [0.5, 0.6) is 0 Å². The van der Waals surface area contributed by atoms with E-state index in [1.54, 1.807) is 0 Å². The van der Waals surface area contributed by atoms with Crippen molar-refractivity contribution in [1.82, 2.24) is 0 Å². The summed E-state index contributed by atoms with van der Waals surface area (Å²) in [5, 5.41) is 30.8. The van der Waals surface area contributed by atoms with Gasteiger partial charge in [0.2, 0.25) is 0 Å². The molecule has 4 N–H and O–H groups in total. The zero-order chi connectivity index (χ0) is 51.0. The zero-order valence-corrected chi connectivity index (χ0v) is 44.9. The van der Waals surface area contributed by atoms with Crippen molar-refractivity contribution in [2.45, 2.75) is 269 Å². The molecule has 1 aliphatic heterocycles. The number of esters is 1. The van der Waals surface area contributed by atoms with Crippen molar-refractivity contribution in [2.75, 3.05) is 26.4 Å². The highest BCUT2D eigenvalue weighted by Crippen LogP contribution is 2.26. The van der Waals surface area contributed by atoms with Crippen molar-refractivity contribution >= 4 is 16.4 Å². The van der Waals surface area contributed by atoms with Crippen LogP contribution in [0.2, 0.25) is 0 Å². The minimum Gasteiger partial charge on any atom is -0.457 e. The van der Waals surface area contributed by atoms with E-state index in [1.807, 2.05) is 0 Å². The molecule has 0 aliphatic carbocycles. The molecule has 70 heavy (non-hydrogen) atoms. The largest absolute Gasteiger partial charge is 0.457 e. The lowest BCUT2D eigenvalue weighted by Crippen LogP contribution is -2.60. The molecule has 1 heterocycles. The molecule has 0 spiro atoms. The van der Waals surface area contributed by atoms with Crippen LogP contribution < -0.4 is 0 Å². The van der Waals surface area contributed by atoms with E-state index in [9.17, 15) is 33.1 Å². The first kappa shape index (κ1) is 65.8. The van der Waals surface area contributed by atoms with Crippen LogP contribution in [0.1, 0.15) is 232 Å². The number of allylic oxidation sites excluding steroid dienone is 10. The summed E-state index contributed by atoms with van der Waals surface area (Å²) in [5.41, 5.74) is 0. The summed E-state index contributed by atoms with van der Waals surface area (Å²) in [6.07, 6.45) is 52.6. The maximum Gasteiger partial charge on any atom is 0.397 e. The Morgan fingerprint density at radius 3 is 1.44 bits per heavy atom. The molecule has 13 heteroatoms. The van der Waals surface area contributed by atoms with Gasteiger partial charge in [-0.25, -0.2) is 4.18 Å². The summed E-state index contributed by atoms with van der Waals surface area (Å²) in [5.74, 6) is -0.405. The predicted octanol–water partition coefficient (Wildman–Crippen LogP) is 13.6. The van der Waals surface area contributed by atoms with Gasteiger partial charge in [0.1, 0.15) is 30.5 Å². The van der Waals surface area contributed by atoms with Gasteiger partial charge in [0.15, 0.2) is 6.29 Å². The summed E-state index contributed by atoms with van der Waals surface area (Å²) in [6, 6.07) is 0. The van der Waals surface area contributed by atoms with Crippen LogP contribution in [0.3, 0.4) is 0 Å². The molecule has 1 fully saturated rings. The first-order valence-corrected chi connectivity index (χ1v) is 29.4. The second-order valence-corrected chi connectivity index (χ2v) is 20.2. The van der Waals surface area contributed by atoms with Crippen molar-refractivity contribution in [3.05, 3.63) is 60.8 Å². The van der Waals surface area contributed by atoms with Gasteiger partial charge < -0.3 is 34.3 Å². The molecule has 0 radical (unpaired) electrons. The third kappa shape index (κ3) is 40.3. The summed E-state index contributed by atoms with van der Waals surface area (Å²) in [4.78, 5) is 12.9. The molecule has 6 atom stereocenters.